The first-order chi connectivity index (χ1) is 19.5. The van der Waals surface area contributed by atoms with E-state index in [1.165, 1.54) is 5.39 Å². The monoisotopic (exact) mass is 622 g/mol. The van der Waals surface area contributed by atoms with E-state index in [1.54, 1.807) is 18.3 Å². The van der Waals surface area contributed by atoms with Crippen LogP contribution in [0.4, 0.5) is 32.0 Å². The number of nitrogens with zero attached hydrogens (tertiary/aromatic N) is 2. The number of hydrogen-bond acceptors (Lipinski definition) is 6. The molecule has 3 aromatic rings. The molecule has 2 aromatic carbocycles. The van der Waals surface area contributed by atoms with Crippen molar-refractivity contribution >= 4 is 45.9 Å². The van der Waals surface area contributed by atoms with Gasteiger partial charge in [-0.1, -0.05) is 29.8 Å². The number of halogens is 7. The van der Waals surface area contributed by atoms with Gasteiger partial charge in [-0.15, -0.1) is 0 Å². The van der Waals surface area contributed by atoms with E-state index in [0.29, 0.717) is 24.2 Å². The van der Waals surface area contributed by atoms with Crippen LogP contribution >= 0.6 is 11.6 Å². The quantitative estimate of drug-likeness (QED) is 0.288. The topological polar surface area (TPSA) is 146 Å². The molecule has 0 bridgehead atoms. The van der Waals surface area contributed by atoms with Gasteiger partial charge in [0.1, 0.15) is 6.04 Å². The fraction of sp³-hybridized carbons (Fsp3) is 0.308. The number of fused-ring (bicyclic) bond motifs is 1. The Hall–Kier alpha value is -4.11. The molecule has 2 heterocycles. The Morgan fingerprint density at radius 2 is 1.43 bits per heavy atom. The molecule has 0 radical (unpaired) electrons. The summed E-state index contributed by atoms with van der Waals surface area (Å²) in [5, 5.41) is 20.8. The summed E-state index contributed by atoms with van der Waals surface area (Å²) < 4.78 is 63.5. The van der Waals surface area contributed by atoms with Crippen LogP contribution in [0.5, 0.6) is 0 Å². The highest BCUT2D eigenvalue weighted by molar-refractivity contribution is 6.30. The van der Waals surface area contributed by atoms with Gasteiger partial charge in [0.25, 0.3) is 0 Å². The normalized spacial score (nSPS) is 14.5. The first-order valence-corrected chi connectivity index (χ1v) is 12.4. The molecular formula is C26H25ClF6N4O5. The number of anilines is 1. The molecule has 228 valence electrons. The van der Waals surface area contributed by atoms with Crippen molar-refractivity contribution in [3.8, 4) is 0 Å². The van der Waals surface area contributed by atoms with Crippen LogP contribution in [0.2, 0.25) is 5.02 Å². The molecule has 1 amide bonds. The van der Waals surface area contributed by atoms with Crippen LogP contribution in [0.15, 0.2) is 60.9 Å². The van der Waals surface area contributed by atoms with Crippen molar-refractivity contribution in [3.05, 3.63) is 71.5 Å². The fourth-order valence-electron chi connectivity index (χ4n) is 3.66. The van der Waals surface area contributed by atoms with E-state index in [2.05, 4.69) is 28.5 Å². The molecule has 1 aliphatic heterocycles. The van der Waals surface area contributed by atoms with Gasteiger partial charge in [-0.25, -0.2) is 9.59 Å². The first kappa shape index (κ1) is 34.1. The standard InChI is InChI=1S/C22H23ClN4O.2C2HF3O2/c23-18-4-1-15(2-5-18)21(24)22(28)27-11-8-19(9-12-27)26-20-6-3-17-14-25-10-7-16(17)13-20;2*3-2(4,5)1(6)7/h1-7,10,13-14,19,21,26H,8-9,11-12,24H2;2*(H,6,7). The molecule has 9 nitrogen and oxygen atoms in total. The van der Waals surface area contributed by atoms with Gasteiger partial charge in [0.05, 0.1) is 0 Å². The number of pyridine rings is 1. The first-order valence-electron chi connectivity index (χ1n) is 12.0. The van der Waals surface area contributed by atoms with Crippen LogP contribution in [0.25, 0.3) is 10.8 Å². The number of nitrogens with two attached hydrogens (primary N) is 1. The summed E-state index contributed by atoms with van der Waals surface area (Å²) in [6.45, 7) is 1.41. The lowest BCUT2D eigenvalue weighted by atomic mass is 10.0. The van der Waals surface area contributed by atoms with Crippen LogP contribution in [0.1, 0.15) is 24.4 Å². The molecular weight excluding hydrogens is 598 g/mol. The molecule has 1 fully saturated rings. The second-order valence-electron chi connectivity index (χ2n) is 8.82. The predicted molar refractivity (Wildman–Crippen MR) is 141 cm³/mol. The lowest BCUT2D eigenvalue weighted by Gasteiger charge is -2.34. The van der Waals surface area contributed by atoms with Gasteiger partial charge in [0.2, 0.25) is 5.91 Å². The Morgan fingerprint density at radius 3 is 1.93 bits per heavy atom. The average molecular weight is 623 g/mol. The van der Waals surface area contributed by atoms with Crippen molar-refractivity contribution < 1.29 is 50.9 Å². The van der Waals surface area contributed by atoms with Crippen LogP contribution in [-0.4, -0.2) is 69.4 Å². The molecule has 0 spiro atoms. The summed E-state index contributed by atoms with van der Waals surface area (Å²) in [6, 6.07) is 15.2. The minimum absolute atomic E-state index is 0.0287. The molecule has 1 saturated heterocycles. The van der Waals surface area contributed by atoms with Crippen molar-refractivity contribution in [1.29, 1.82) is 0 Å². The Labute approximate surface area is 239 Å². The van der Waals surface area contributed by atoms with E-state index in [0.717, 1.165) is 29.5 Å². The number of carboxylic acids is 2. The van der Waals surface area contributed by atoms with Crippen LogP contribution < -0.4 is 11.1 Å². The molecule has 0 saturated carbocycles. The number of carbonyl (C=O) groups excluding carboxylic acids is 1. The lowest BCUT2D eigenvalue weighted by Crippen LogP contribution is -2.45. The zero-order chi connectivity index (χ0) is 31.7. The predicted octanol–water partition coefficient (Wildman–Crippen LogP) is 5.26. The van der Waals surface area contributed by atoms with Crippen LogP contribution in [0, 0.1) is 0 Å². The Morgan fingerprint density at radius 1 is 0.905 bits per heavy atom. The second kappa shape index (κ2) is 14.7. The van der Waals surface area contributed by atoms with Gasteiger partial charge in [-0.3, -0.25) is 9.78 Å². The third-order valence-corrected chi connectivity index (χ3v) is 6.05. The Bertz CT molecular complexity index is 1340. The van der Waals surface area contributed by atoms with E-state index >= 15 is 0 Å². The number of aromatic nitrogens is 1. The number of amides is 1. The fourth-order valence-corrected chi connectivity index (χ4v) is 3.79. The molecule has 16 heteroatoms. The van der Waals surface area contributed by atoms with Crippen LogP contribution in [0.3, 0.4) is 0 Å². The molecule has 4 rings (SSSR count). The number of aliphatic carboxylic acids is 2. The van der Waals surface area contributed by atoms with E-state index < -0.39 is 30.3 Å². The SMILES string of the molecule is NC(C(=O)N1CCC(Nc2ccc3cnccc3c2)CC1)c1ccc(Cl)cc1.O=C(O)C(F)(F)F.O=C(O)C(F)(F)F. The number of alkyl halides is 6. The van der Waals surface area contributed by atoms with E-state index in [9.17, 15) is 31.1 Å². The summed E-state index contributed by atoms with van der Waals surface area (Å²) in [5.74, 6) is -5.54. The third-order valence-electron chi connectivity index (χ3n) is 5.80. The van der Waals surface area contributed by atoms with Gasteiger partial charge < -0.3 is 26.2 Å². The summed E-state index contributed by atoms with van der Waals surface area (Å²) in [4.78, 5) is 36.5. The van der Waals surface area contributed by atoms with E-state index in [1.807, 2.05) is 29.3 Å². The molecule has 1 atom stereocenters. The highest BCUT2D eigenvalue weighted by Crippen LogP contribution is 2.23. The van der Waals surface area contributed by atoms with Gasteiger partial charge in [-0.05, 0) is 54.1 Å². The molecule has 42 heavy (non-hydrogen) atoms. The van der Waals surface area contributed by atoms with Crippen molar-refractivity contribution in [2.45, 2.75) is 37.3 Å². The Balaban J connectivity index is 0.000000367. The number of rotatable bonds is 4. The smallest absolute Gasteiger partial charge is 0.475 e. The summed E-state index contributed by atoms with van der Waals surface area (Å²) in [7, 11) is 0. The number of hydrogen-bond donors (Lipinski definition) is 4. The molecule has 5 N–H and O–H groups in total. The average Bonchev–Trinajstić information content (AvgIpc) is 2.93. The largest absolute Gasteiger partial charge is 0.490 e. The zero-order valence-electron chi connectivity index (χ0n) is 21.5. The minimum Gasteiger partial charge on any atom is -0.475 e. The number of nitrogens with one attached hydrogen (secondary N) is 1. The Kier molecular flexibility index (Phi) is 11.9. The van der Waals surface area contributed by atoms with E-state index in [-0.39, 0.29) is 5.91 Å². The maximum atomic E-state index is 12.7. The molecule has 1 aliphatic rings. The highest BCUT2D eigenvalue weighted by Gasteiger charge is 2.38. The van der Waals surface area contributed by atoms with Crippen molar-refractivity contribution in [2.75, 3.05) is 18.4 Å². The number of likely N-dealkylation sites (tertiary alicyclic amines) is 1. The third kappa shape index (κ3) is 10.7. The molecule has 1 unspecified atom stereocenters. The number of carbonyl (C=O) groups is 3. The number of piperidine rings is 1. The van der Waals surface area contributed by atoms with Crippen LogP contribution in [-0.2, 0) is 14.4 Å². The number of benzene rings is 2. The minimum atomic E-state index is -5.08. The maximum Gasteiger partial charge on any atom is 0.490 e. The maximum absolute atomic E-state index is 12.7. The van der Waals surface area contributed by atoms with Crippen molar-refractivity contribution in [2.24, 2.45) is 5.73 Å². The molecule has 0 aliphatic carbocycles. The van der Waals surface area contributed by atoms with Gasteiger partial charge >= 0.3 is 24.3 Å². The van der Waals surface area contributed by atoms with Crippen molar-refractivity contribution in [3.63, 3.8) is 0 Å². The van der Waals surface area contributed by atoms with Gasteiger partial charge in [-0.2, -0.15) is 26.3 Å². The summed E-state index contributed by atoms with van der Waals surface area (Å²) >= 11 is 5.91. The summed E-state index contributed by atoms with van der Waals surface area (Å²) in [6.07, 6.45) is -4.70. The van der Waals surface area contributed by atoms with E-state index in [4.69, 9.17) is 37.1 Å². The highest BCUT2D eigenvalue weighted by atomic mass is 35.5. The zero-order valence-corrected chi connectivity index (χ0v) is 22.2. The van der Waals surface area contributed by atoms with Crippen molar-refractivity contribution in [1.82, 2.24) is 9.88 Å². The second-order valence-corrected chi connectivity index (χ2v) is 9.25. The number of carboxylic acid groups (broad SMARTS) is 2. The lowest BCUT2D eigenvalue weighted by molar-refractivity contribution is -0.193. The van der Waals surface area contributed by atoms with Gasteiger partial charge in [0, 0.05) is 47.6 Å². The van der Waals surface area contributed by atoms with Gasteiger partial charge in [0.15, 0.2) is 0 Å². The summed E-state index contributed by atoms with van der Waals surface area (Å²) in [5.41, 5.74) is 8.07. The molecule has 1 aromatic heterocycles.